The molecule has 1 aromatic carbocycles. The number of aromatic nitrogens is 1. The number of aromatic hydroxyl groups is 1. The molecule has 29 heavy (non-hydrogen) atoms. The Morgan fingerprint density at radius 2 is 1.93 bits per heavy atom. The number of phenolic OH excluding ortho intramolecular Hbond substituents is 1. The molecule has 3 aromatic rings. The molecule has 2 aromatic heterocycles. The Bertz CT molecular complexity index is 1110. The lowest BCUT2D eigenvalue weighted by Crippen LogP contribution is -2.29. The van der Waals surface area contributed by atoms with Gasteiger partial charge in [-0.25, -0.2) is 0 Å². The van der Waals surface area contributed by atoms with Crippen LogP contribution in [0.25, 0.3) is 5.76 Å². The topological polar surface area (TPSA) is 104 Å². The number of nitrogens with zero attached hydrogens (tertiary/aromatic N) is 2. The molecular formula is C21H15ClN2O5. The first kappa shape index (κ1) is 18.8. The number of benzene rings is 1. The van der Waals surface area contributed by atoms with Crippen molar-refractivity contribution >= 4 is 29.1 Å². The Labute approximate surface area is 170 Å². The molecule has 0 aliphatic carbocycles. The van der Waals surface area contributed by atoms with E-state index in [1.165, 1.54) is 47.8 Å². The number of Topliss-reactive ketones (excluding diaryl/α,β-unsaturated/α-hetero) is 1. The number of rotatable bonds is 4. The van der Waals surface area contributed by atoms with E-state index in [9.17, 15) is 19.8 Å². The molecular weight excluding hydrogens is 396 g/mol. The summed E-state index contributed by atoms with van der Waals surface area (Å²) in [6.07, 6.45) is 4.41. The summed E-state index contributed by atoms with van der Waals surface area (Å²) in [7, 11) is 0. The van der Waals surface area contributed by atoms with Gasteiger partial charge in [-0.05, 0) is 42.0 Å². The zero-order valence-electron chi connectivity index (χ0n) is 14.9. The number of hydrogen-bond donors (Lipinski definition) is 2. The molecule has 7 nitrogen and oxygen atoms in total. The molecule has 0 spiro atoms. The van der Waals surface area contributed by atoms with Crippen LogP contribution in [0.15, 0.2) is 71.1 Å². The Hall–Kier alpha value is -3.58. The minimum atomic E-state index is -0.911. The van der Waals surface area contributed by atoms with Crippen LogP contribution in [0.3, 0.4) is 0 Å². The van der Waals surface area contributed by atoms with E-state index in [4.69, 9.17) is 16.0 Å². The number of amides is 1. The van der Waals surface area contributed by atoms with Crippen molar-refractivity contribution in [2.75, 3.05) is 0 Å². The first-order valence-corrected chi connectivity index (χ1v) is 9.04. The number of aliphatic hydroxyl groups excluding tert-OH is 1. The van der Waals surface area contributed by atoms with E-state index in [-0.39, 0.29) is 28.6 Å². The molecule has 0 bridgehead atoms. The number of ketones is 1. The molecule has 0 radical (unpaired) electrons. The third-order valence-electron chi connectivity index (χ3n) is 4.69. The number of halogens is 1. The van der Waals surface area contributed by atoms with Crippen molar-refractivity contribution in [1.82, 2.24) is 9.88 Å². The molecule has 1 amide bonds. The summed E-state index contributed by atoms with van der Waals surface area (Å²) in [5.74, 6) is -1.56. The number of carbonyl (C=O) groups is 2. The highest BCUT2D eigenvalue weighted by Gasteiger charge is 2.46. The van der Waals surface area contributed by atoms with Gasteiger partial charge in [0, 0.05) is 18.0 Å². The summed E-state index contributed by atoms with van der Waals surface area (Å²) >= 11 is 6.06. The third-order valence-corrected chi connectivity index (χ3v) is 4.99. The average Bonchev–Trinajstić information content (AvgIpc) is 3.33. The van der Waals surface area contributed by atoms with Crippen LogP contribution in [0.2, 0.25) is 5.02 Å². The number of pyridine rings is 1. The normalized spacial score (nSPS) is 18.4. The number of phenols is 1. The Kier molecular flexibility index (Phi) is 4.82. The summed E-state index contributed by atoms with van der Waals surface area (Å²) in [6.45, 7) is 0.0217. The predicted molar refractivity (Wildman–Crippen MR) is 104 cm³/mol. The van der Waals surface area contributed by atoms with Crippen molar-refractivity contribution in [3.63, 3.8) is 0 Å². The van der Waals surface area contributed by atoms with Crippen LogP contribution in [0.4, 0.5) is 0 Å². The van der Waals surface area contributed by atoms with Gasteiger partial charge in [0.05, 0.1) is 29.4 Å². The summed E-state index contributed by atoms with van der Waals surface area (Å²) in [5.41, 5.74) is 0.745. The molecule has 3 heterocycles. The number of furan rings is 1. The number of aliphatic hydroxyl groups is 1. The minimum absolute atomic E-state index is 0.0217. The van der Waals surface area contributed by atoms with E-state index >= 15 is 0 Å². The maximum Gasteiger partial charge on any atom is 0.296 e. The highest BCUT2D eigenvalue weighted by molar-refractivity contribution is 6.46. The van der Waals surface area contributed by atoms with Crippen molar-refractivity contribution in [3.8, 4) is 5.75 Å². The molecule has 0 saturated carbocycles. The second-order valence-electron chi connectivity index (χ2n) is 6.45. The van der Waals surface area contributed by atoms with Crippen molar-refractivity contribution < 1.29 is 24.2 Å². The zero-order valence-corrected chi connectivity index (χ0v) is 15.7. The van der Waals surface area contributed by atoms with Crippen LogP contribution in [-0.4, -0.2) is 31.8 Å². The van der Waals surface area contributed by atoms with Gasteiger partial charge in [0.15, 0.2) is 0 Å². The molecule has 4 rings (SSSR count). The maximum atomic E-state index is 12.9. The zero-order chi connectivity index (χ0) is 20.5. The van der Waals surface area contributed by atoms with E-state index in [0.717, 1.165) is 0 Å². The molecule has 8 heteroatoms. The number of likely N-dealkylation sites (tertiary alicyclic amines) is 1. The quantitative estimate of drug-likeness (QED) is 0.386. The minimum Gasteiger partial charge on any atom is -0.507 e. The fourth-order valence-corrected chi connectivity index (χ4v) is 3.51. The van der Waals surface area contributed by atoms with E-state index in [0.29, 0.717) is 16.9 Å². The molecule has 1 unspecified atom stereocenters. The Balaban J connectivity index is 1.89. The van der Waals surface area contributed by atoms with E-state index in [1.54, 1.807) is 18.2 Å². The monoisotopic (exact) mass is 410 g/mol. The van der Waals surface area contributed by atoms with E-state index in [1.807, 2.05) is 0 Å². The predicted octanol–water partition coefficient (Wildman–Crippen LogP) is 3.66. The second kappa shape index (κ2) is 7.44. The molecule has 1 aliphatic rings. The van der Waals surface area contributed by atoms with Gasteiger partial charge in [-0.3, -0.25) is 14.6 Å². The van der Waals surface area contributed by atoms with Crippen LogP contribution >= 0.6 is 11.6 Å². The molecule has 1 fully saturated rings. The Morgan fingerprint density at radius 3 is 2.59 bits per heavy atom. The highest BCUT2D eigenvalue weighted by atomic mass is 35.5. The summed E-state index contributed by atoms with van der Waals surface area (Å²) in [6, 6.07) is 9.91. The van der Waals surface area contributed by atoms with Crippen molar-refractivity contribution in [2.24, 2.45) is 0 Å². The van der Waals surface area contributed by atoms with Crippen LogP contribution in [0.5, 0.6) is 5.75 Å². The van der Waals surface area contributed by atoms with E-state index < -0.39 is 17.7 Å². The Morgan fingerprint density at radius 1 is 1.17 bits per heavy atom. The fraction of sp³-hybridized carbons (Fsp3) is 0.0952. The first-order chi connectivity index (χ1) is 14.0. The van der Waals surface area contributed by atoms with E-state index in [2.05, 4.69) is 4.98 Å². The maximum absolute atomic E-state index is 12.9. The third kappa shape index (κ3) is 3.36. The standard InChI is InChI=1S/C21H15ClN2O5/c22-15-10-13(3-4-16(15)25)18-17(19(26)12-5-7-23-8-6-12)20(27)21(28)24(18)11-14-2-1-9-29-14/h1-10,18,25-26H,11H2/b19-17-. The van der Waals surface area contributed by atoms with Gasteiger partial charge in [0.1, 0.15) is 17.3 Å². The fourth-order valence-electron chi connectivity index (χ4n) is 3.32. The highest BCUT2D eigenvalue weighted by Crippen LogP contribution is 2.41. The van der Waals surface area contributed by atoms with Crippen LogP contribution in [-0.2, 0) is 16.1 Å². The van der Waals surface area contributed by atoms with Crippen molar-refractivity contribution in [2.45, 2.75) is 12.6 Å². The summed E-state index contributed by atoms with van der Waals surface area (Å²) < 4.78 is 5.33. The summed E-state index contributed by atoms with van der Waals surface area (Å²) in [5, 5.41) is 20.7. The molecule has 2 N–H and O–H groups in total. The van der Waals surface area contributed by atoms with Gasteiger partial charge in [0.25, 0.3) is 11.7 Å². The van der Waals surface area contributed by atoms with Crippen molar-refractivity contribution in [1.29, 1.82) is 0 Å². The first-order valence-electron chi connectivity index (χ1n) is 8.67. The van der Waals surface area contributed by atoms with Gasteiger partial charge in [-0.2, -0.15) is 0 Å². The van der Waals surface area contributed by atoms with Crippen LogP contribution in [0, 0.1) is 0 Å². The van der Waals surface area contributed by atoms with Gasteiger partial charge in [0.2, 0.25) is 0 Å². The summed E-state index contributed by atoms with van der Waals surface area (Å²) in [4.78, 5) is 30.9. The van der Waals surface area contributed by atoms with Crippen LogP contribution < -0.4 is 0 Å². The molecule has 1 aliphatic heterocycles. The second-order valence-corrected chi connectivity index (χ2v) is 6.86. The smallest absolute Gasteiger partial charge is 0.296 e. The number of carbonyl (C=O) groups excluding carboxylic acids is 2. The molecule has 1 atom stereocenters. The largest absolute Gasteiger partial charge is 0.507 e. The number of hydrogen-bond acceptors (Lipinski definition) is 6. The lowest BCUT2D eigenvalue weighted by Gasteiger charge is -2.24. The average molecular weight is 411 g/mol. The van der Waals surface area contributed by atoms with Crippen LogP contribution in [0.1, 0.15) is 22.9 Å². The van der Waals surface area contributed by atoms with Gasteiger partial charge in [-0.1, -0.05) is 17.7 Å². The van der Waals surface area contributed by atoms with Gasteiger partial charge >= 0.3 is 0 Å². The molecule has 1 saturated heterocycles. The van der Waals surface area contributed by atoms with Gasteiger partial charge in [-0.15, -0.1) is 0 Å². The van der Waals surface area contributed by atoms with Gasteiger partial charge < -0.3 is 19.5 Å². The SMILES string of the molecule is O=C1C(=O)N(Cc2ccco2)C(c2ccc(O)c(Cl)c2)/C1=C(/O)c1ccncc1. The lowest BCUT2D eigenvalue weighted by atomic mass is 9.95. The lowest BCUT2D eigenvalue weighted by molar-refractivity contribution is -0.140. The van der Waals surface area contributed by atoms with Crippen molar-refractivity contribution in [3.05, 3.63) is 88.6 Å². The molecule has 146 valence electrons.